The normalized spacial score (nSPS) is 11.3. The third kappa shape index (κ3) is 3.62. The number of nitriles is 1. The van der Waals surface area contributed by atoms with Gasteiger partial charge in [-0.3, -0.25) is 0 Å². The Morgan fingerprint density at radius 2 is 1.90 bits per heavy atom. The quantitative estimate of drug-likeness (QED) is 0.756. The molecule has 0 saturated carbocycles. The van der Waals surface area contributed by atoms with E-state index in [1.807, 2.05) is 0 Å². The number of benzene rings is 1. The molecule has 2 rings (SSSR count). The molecule has 0 aliphatic rings. The summed E-state index contributed by atoms with van der Waals surface area (Å²) in [5.41, 5.74) is 2.11. The molecular formula is C16H18N2S2. The smallest absolute Gasteiger partial charge is 0.128 e. The van der Waals surface area contributed by atoms with Crippen molar-refractivity contribution in [2.24, 2.45) is 0 Å². The first-order valence-corrected chi connectivity index (χ1v) is 8.30. The molecule has 1 heterocycles. The summed E-state index contributed by atoms with van der Waals surface area (Å²) in [6.45, 7) is 8.38. The van der Waals surface area contributed by atoms with E-state index >= 15 is 0 Å². The molecule has 0 spiro atoms. The first kappa shape index (κ1) is 15.1. The molecule has 0 unspecified atom stereocenters. The van der Waals surface area contributed by atoms with Gasteiger partial charge in [-0.05, 0) is 19.1 Å². The number of aryl methyl sites for hydroxylation is 1. The van der Waals surface area contributed by atoms with Crippen LogP contribution in [0.4, 0.5) is 0 Å². The molecule has 0 fully saturated rings. The van der Waals surface area contributed by atoms with Crippen molar-refractivity contribution in [2.75, 3.05) is 0 Å². The molecule has 0 bridgehead atoms. The van der Waals surface area contributed by atoms with Crippen molar-refractivity contribution in [2.45, 2.75) is 43.8 Å². The monoisotopic (exact) mass is 302 g/mol. The van der Waals surface area contributed by atoms with Gasteiger partial charge < -0.3 is 0 Å². The number of nitrogens with zero attached hydrogens (tertiary/aromatic N) is 2. The summed E-state index contributed by atoms with van der Waals surface area (Å²) in [4.78, 5) is 6.64. The SMILES string of the molecule is Cc1ccc(SCc2nc(C(C)(C)C)c(C#N)s2)cc1. The standard InChI is InChI=1S/C16H18N2S2/c1-11-5-7-12(8-6-11)19-10-14-18-15(16(2,3)4)13(9-17)20-14/h5-8H,10H2,1-4H3. The largest absolute Gasteiger partial charge is 0.243 e. The zero-order valence-corrected chi connectivity index (χ0v) is 13.9. The van der Waals surface area contributed by atoms with E-state index < -0.39 is 0 Å². The molecule has 1 aromatic carbocycles. The van der Waals surface area contributed by atoms with Crippen molar-refractivity contribution in [3.05, 3.63) is 45.4 Å². The summed E-state index contributed by atoms with van der Waals surface area (Å²) in [5.74, 6) is 0.818. The number of thiazole rings is 1. The third-order valence-corrected chi connectivity index (χ3v) is 5.03. The van der Waals surface area contributed by atoms with Crippen LogP contribution in [0.25, 0.3) is 0 Å². The molecule has 0 aliphatic heterocycles. The molecule has 1 aromatic heterocycles. The van der Waals surface area contributed by atoms with Crippen LogP contribution < -0.4 is 0 Å². The van der Waals surface area contributed by atoms with E-state index in [4.69, 9.17) is 0 Å². The van der Waals surface area contributed by atoms with E-state index in [-0.39, 0.29) is 5.41 Å². The van der Waals surface area contributed by atoms with Gasteiger partial charge in [0.1, 0.15) is 16.0 Å². The van der Waals surface area contributed by atoms with Crippen LogP contribution in [0.5, 0.6) is 0 Å². The Balaban J connectivity index is 2.13. The minimum Gasteiger partial charge on any atom is -0.243 e. The van der Waals surface area contributed by atoms with Crippen LogP contribution in [0, 0.1) is 18.3 Å². The van der Waals surface area contributed by atoms with Gasteiger partial charge in [0.2, 0.25) is 0 Å². The Morgan fingerprint density at radius 1 is 1.25 bits per heavy atom. The lowest BCUT2D eigenvalue weighted by Gasteiger charge is -2.15. The summed E-state index contributed by atoms with van der Waals surface area (Å²) in [6, 6.07) is 10.8. The fourth-order valence-corrected chi connectivity index (χ4v) is 3.75. The summed E-state index contributed by atoms with van der Waals surface area (Å²) in [5, 5.41) is 10.2. The topological polar surface area (TPSA) is 36.7 Å². The van der Waals surface area contributed by atoms with Gasteiger partial charge in [0, 0.05) is 10.3 Å². The highest BCUT2D eigenvalue weighted by Gasteiger charge is 2.23. The summed E-state index contributed by atoms with van der Waals surface area (Å²) in [7, 11) is 0. The lowest BCUT2D eigenvalue weighted by Crippen LogP contribution is -2.13. The second-order valence-electron chi connectivity index (χ2n) is 5.75. The van der Waals surface area contributed by atoms with Crippen molar-refractivity contribution in [3.63, 3.8) is 0 Å². The van der Waals surface area contributed by atoms with Crippen LogP contribution in [0.3, 0.4) is 0 Å². The third-order valence-electron chi connectivity index (χ3n) is 2.87. The van der Waals surface area contributed by atoms with E-state index in [1.54, 1.807) is 11.8 Å². The highest BCUT2D eigenvalue weighted by Crippen LogP contribution is 2.32. The molecular weight excluding hydrogens is 284 g/mol. The molecule has 104 valence electrons. The number of hydrogen-bond acceptors (Lipinski definition) is 4. The maximum absolute atomic E-state index is 9.22. The molecule has 0 aliphatic carbocycles. The van der Waals surface area contributed by atoms with E-state index in [9.17, 15) is 5.26 Å². The lowest BCUT2D eigenvalue weighted by atomic mass is 9.91. The maximum atomic E-state index is 9.22. The molecule has 0 radical (unpaired) electrons. The number of hydrogen-bond donors (Lipinski definition) is 0. The van der Waals surface area contributed by atoms with Gasteiger partial charge in [-0.15, -0.1) is 23.1 Å². The van der Waals surface area contributed by atoms with E-state index in [0.29, 0.717) is 0 Å². The lowest BCUT2D eigenvalue weighted by molar-refractivity contribution is 0.570. The summed E-state index contributed by atoms with van der Waals surface area (Å²) in [6.07, 6.45) is 0. The van der Waals surface area contributed by atoms with Gasteiger partial charge in [-0.2, -0.15) is 5.26 Å². The summed E-state index contributed by atoms with van der Waals surface area (Å²) < 4.78 is 0. The van der Waals surface area contributed by atoms with Crippen molar-refractivity contribution in [1.82, 2.24) is 4.98 Å². The predicted octanol–water partition coefficient (Wildman–Crippen LogP) is 4.91. The van der Waals surface area contributed by atoms with Gasteiger partial charge in [0.15, 0.2) is 0 Å². The van der Waals surface area contributed by atoms with Crippen LogP contribution in [0.15, 0.2) is 29.2 Å². The number of thioether (sulfide) groups is 1. The van der Waals surface area contributed by atoms with Crippen LogP contribution in [0.1, 0.15) is 41.9 Å². The molecule has 2 aromatic rings. The number of aromatic nitrogens is 1. The first-order valence-electron chi connectivity index (χ1n) is 6.50. The Morgan fingerprint density at radius 3 is 2.40 bits per heavy atom. The van der Waals surface area contributed by atoms with E-state index in [0.717, 1.165) is 21.3 Å². The molecule has 4 heteroatoms. The molecule has 0 N–H and O–H groups in total. The average molecular weight is 302 g/mol. The van der Waals surface area contributed by atoms with Crippen molar-refractivity contribution in [1.29, 1.82) is 5.26 Å². The van der Waals surface area contributed by atoms with Crippen LogP contribution in [0.2, 0.25) is 0 Å². The Labute approximate surface area is 128 Å². The van der Waals surface area contributed by atoms with E-state index in [2.05, 4.69) is 63.0 Å². The van der Waals surface area contributed by atoms with Crippen LogP contribution in [-0.2, 0) is 11.2 Å². The molecule has 0 amide bonds. The molecule has 2 nitrogen and oxygen atoms in total. The zero-order chi connectivity index (χ0) is 14.8. The Kier molecular flexibility index (Phi) is 4.52. The first-order chi connectivity index (χ1) is 9.40. The van der Waals surface area contributed by atoms with Crippen LogP contribution in [-0.4, -0.2) is 4.98 Å². The highest BCUT2D eigenvalue weighted by atomic mass is 32.2. The maximum Gasteiger partial charge on any atom is 0.128 e. The minimum atomic E-state index is -0.0751. The molecule has 0 atom stereocenters. The van der Waals surface area contributed by atoms with Crippen molar-refractivity contribution < 1.29 is 0 Å². The van der Waals surface area contributed by atoms with Gasteiger partial charge in [-0.1, -0.05) is 38.5 Å². The molecule has 20 heavy (non-hydrogen) atoms. The minimum absolute atomic E-state index is 0.0751. The van der Waals surface area contributed by atoms with Crippen LogP contribution >= 0.6 is 23.1 Å². The Bertz CT molecular complexity index is 628. The second-order valence-corrected chi connectivity index (χ2v) is 7.88. The average Bonchev–Trinajstić information content (AvgIpc) is 2.81. The zero-order valence-electron chi connectivity index (χ0n) is 12.2. The van der Waals surface area contributed by atoms with Gasteiger partial charge in [-0.25, -0.2) is 4.98 Å². The predicted molar refractivity (Wildman–Crippen MR) is 86.3 cm³/mol. The van der Waals surface area contributed by atoms with Gasteiger partial charge >= 0.3 is 0 Å². The van der Waals surface area contributed by atoms with Crippen molar-refractivity contribution >= 4 is 23.1 Å². The number of rotatable bonds is 3. The fraction of sp³-hybridized carbons (Fsp3) is 0.375. The highest BCUT2D eigenvalue weighted by molar-refractivity contribution is 7.98. The summed E-state index contributed by atoms with van der Waals surface area (Å²) >= 11 is 3.28. The van der Waals surface area contributed by atoms with Gasteiger partial charge in [0.05, 0.1) is 11.4 Å². The molecule has 0 saturated heterocycles. The van der Waals surface area contributed by atoms with Gasteiger partial charge in [0.25, 0.3) is 0 Å². The second kappa shape index (κ2) is 5.99. The van der Waals surface area contributed by atoms with E-state index in [1.165, 1.54) is 21.8 Å². The Hall–Kier alpha value is -1.31. The van der Waals surface area contributed by atoms with Crippen molar-refractivity contribution in [3.8, 4) is 6.07 Å². The fourth-order valence-electron chi connectivity index (χ4n) is 1.79.